The van der Waals surface area contributed by atoms with E-state index >= 15 is 0 Å². The van der Waals surface area contributed by atoms with Crippen LogP contribution in [0.5, 0.6) is 5.75 Å². The van der Waals surface area contributed by atoms with Crippen LogP contribution in [-0.4, -0.2) is 6.10 Å². The van der Waals surface area contributed by atoms with Crippen molar-refractivity contribution in [1.82, 2.24) is 0 Å². The number of halogens is 1. The fraction of sp³-hybridized carbons (Fsp3) is 0.625. The van der Waals surface area contributed by atoms with Crippen molar-refractivity contribution in [3.8, 4) is 5.75 Å². The Bertz CT molecular complexity index is 433. The molecule has 0 heterocycles. The number of benzene rings is 1. The van der Waals surface area contributed by atoms with Crippen molar-refractivity contribution in [2.24, 2.45) is 17.6 Å². The lowest BCUT2D eigenvalue weighted by Crippen LogP contribution is -2.29. The second kappa shape index (κ2) is 5.91. The number of rotatable bonds is 3. The second-order valence-electron chi connectivity index (χ2n) is 5.98. The van der Waals surface area contributed by atoms with Crippen LogP contribution in [0.25, 0.3) is 0 Å². The monoisotopic (exact) mass is 265 g/mol. The van der Waals surface area contributed by atoms with Gasteiger partial charge in [0.05, 0.1) is 6.10 Å². The fourth-order valence-electron chi connectivity index (χ4n) is 2.77. The van der Waals surface area contributed by atoms with Gasteiger partial charge in [0, 0.05) is 17.7 Å². The van der Waals surface area contributed by atoms with E-state index in [1.807, 2.05) is 6.92 Å². The minimum Gasteiger partial charge on any atom is -0.490 e. The van der Waals surface area contributed by atoms with Crippen LogP contribution in [0.4, 0.5) is 4.39 Å². The summed E-state index contributed by atoms with van der Waals surface area (Å²) in [5, 5.41) is 0. The van der Waals surface area contributed by atoms with Crippen molar-refractivity contribution >= 4 is 0 Å². The van der Waals surface area contributed by atoms with Gasteiger partial charge >= 0.3 is 0 Å². The lowest BCUT2D eigenvalue weighted by atomic mass is 9.80. The summed E-state index contributed by atoms with van der Waals surface area (Å²) in [6.45, 7) is 6.44. The quantitative estimate of drug-likeness (QED) is 0.895. The molecule has 0 amide bonds. The SMILES string of the molecule is CC1CCC(Oc2cc(F)ccc2[C@@H](C)N)CC1C. The summed E-state index contributed by atoms with van der Waals surface area (Å²) in [7, 11) is 0. The van der Waals surface area contributed by atoms with Crippen LogP contribution < -0.4 is 10.5 Å². The molecule has 1 aromatic rings. The van der Waals surface area contributed by atoms with Gasteiger partial charge in [-0.1, -0.05) is 19.9 Å². The van der Waals surface area contributed by atoms with Crippen molar-refractivity contribution < 1.29 is 9.13 Å². The Morgan fingerprint density at radius 1 is 1.26 bits per heavy atom. The Hall–Kier alpha value is -1.09. The van der Waals surface area contributed by atoms with Gasteiger partial charge < -0.3 is 10.5 Å². The van der Waals surface area contributed by atoms with Crippen LogP contribution in [0.3, 0.4) is 0 Å². The number of hydrogen-bond acceptors (Lipinski definition) is 2. The molecule has 19 heavy (non-hydrogen) atoms. The highest BCUT2D eigenvalue weighted by Gasteiger charge is 2.26. The third-order valence-electron chi connectivity index (χ3n) is 4.31. The van der Waals surface area contributed by atoms with E-state index in [2.05, 4.69) is 13.8 Å². The molecular formula is C16H24FNO. The zero-order valence-electron chi connectivity index (χ0n) is 12.0. The summed E-state index contributed by atoms with van der Waals surface area (Å²) < 4.78 is 19.4. The summed E-state index contributed by atoms with van der Waals surface area (Å²) in [5.74, 6) is 1.75. The van der Waals surface area contributed by atoms with Gasteiger partial charge in [-0.2, -0.15) is 0 Å². The lowest BCUT2D eigenvalue weighted by Gasteiger charge is -2.33. The smallest absolute Gasteiger partial charge is 0.127 e. The van der Waals surface area contributed by atoms with Gasteiger partial charge in [-0.05, 0) is 44.1 Å². The van der Waals surface area contributed by atoms with Crippen molar-refractivity contribution in [2.45, 2.75) is 52.2 Å². The standard InChI is InChI=1S/C16H24FNO/c1-10-4-6-14(8-11(10)2)19-16-9-13(17)5-7-15(16)12(3)18/h5,7,9-12,14H,4,6,8,18H2,1-3H3/t10?,11?,12-,14?/m1/s1. The molecule has 1 saturated carbocycles. The van der Waals surface area contributed by atoms with Gasteiger partial charge in [-0.25, -0.2) is 4.39 Å². The largest absolute Gasteiger partial charge is 0.490 e. The number of ether oxygens (including phenoxy) is 1. The molecule has 1 fully saturated rings. The maximum absolute atomic E-state index is 13.4. The highest BCUT2D eigenvalue weighted by Crippen LogP contribution is 2.34. The third kappa shape index (κ3) is 3.47. The Morgan fingerprint density at radius 3 is 2.63 bits per heavy atom. The maximum atomic E-state index is 13.4. The van der Waals surface area contributed by atoms with Crippen LogP contribution in [-0.2, 0) is 0 Å². The van der Waals surface area contributed by atoms with Gasteiger partial charge in [0.2, 0.25) is 0 Å². The second-order valence-corrected chi connectivity index (χ2v) is 5.98. The molecular weight excluding hydrogens is 241 g/mol. The predicted molar refractivity (Wildman–Crippen MR) is 75.6 cm³/mol. The third-order valence-corrected chi connectivity index (χ3v) is 4.31. The highest BCUT2D eigenvalue weighted by atomic mass is 19.1. The molecule has 0 bridgehead atoms. The Morgan fingerprint density at radius 2 is 2.00 bits per heavy atom. The molecule has 0 saturated heterocycles. The normalized spacial score (nSPS) is 29.0. The van der Waals surface area contributed by atoms with E-state index in [1.165, 1.54) is 18.6 Å². The Kier molecular flexibility index (Phi) is 4.46. The van der Waals surface area contributed by atoms with E-state index in [4.69, 9.17) is 10.5 Å². The summed E-state index contributed by atoms with van der Waals surface area (Å²) >= 11 is 0. The van der Waals surface area contributed by atoms with Crippen LogP contribution in [0.2, 0.25) is 0 Å². The van der Waals surface area contributed by atoms with Crippen molar-refractivity contribution in [3.05, 3.63) is 29.6 Å². The molecule has 0 aliphatic heterocycles. The molecule has 0 spiro atoms. The van der Waals surface area contributed by atoms with E-state index < -0.39 is 0 Å². The molecule has 0 radical (unpaired) electrons. The Labute approximate surface area is 115 Å². The first-order chi connectivity index (χ1) is 8.97. The number of hydrogen-bond donors (Lipinski definition) is 1. The van der Waals surface area contributed by atoms with E-state index in [1.54, 1.807) is 6.07 Å². The van der Waals surface area contributed by atoms with E-state index in [0.29, 0.717) is 11.7 Å². The van der Waals surface area contributed by atoms with Gasteiger partial charge in [0.1, 0.15) is 11.6 Å². The summed E-state index contributed by atoms with van der Waals surface area (Å²) in [6, 6.07) is 4.48. The van der Waals surface area contributed by atoms with Gasteiger partial charge in [-0.15, -0.1) is 0 Å². The van der Waals surface area contributed by atoms with E-state index in [9.17, 15) is 4.39 Å². The zero-order valence-corrected chi connectivity index (χ0v) is 12.0. The topological polar surface area (TPSA) is 35.2 Å². The molecule has 2 nitrogen and oxygen atoms in total. The summed E-state index contributed by atoms with van der Waals surface area (Å²) in [5.41, 5.74) is 6.80. The maximum Gasteiger partial charge on any atom is 0.127 e. The molecule has 2 N–H and O–H groups in total. The fourth-order valence-corrected chi connectivity index (χ4v) is 2.77. The molecule has 1 aliphatic carbocycles. The number of nitrogens with two attached hydrogens (primary N) is 1. The first-order valence-corrected chi connectivity index (χ1v) is 7.19. The van der Waals surface area contributed by atoms with Crippen molar-refractivity contribution in [3.63, 3.8) is 0 Å². The van der Waals surface area contributed by atoms with Crippen LogP contribution >= 0.6 is 0 Å². The molecule has 3 unspecified atom stereocenters. The molecule has 3 heteroatoms. The van der Waals surface area contributed by atoms with Crippen LogP contribution in [0.1, 0.15) is 51.6 Å². The van der Waals surface area contributed by atoms with Crippen LogP contribution in [0.15, 0.2) is 18.2 Å². The van der Waals surface area contributed by atoms with E-state index in [0.717, 1.165) is 24.3 Å². The summed E-state index contributed by atoms with van der Waals surface area (Å²) in [6.07, 6.45) is 3.44. The molecule has 4 atom stereocenters. The minimum atomic E-state index is -0.267. The molecule has 2 rings (SSSR count). The van der Waals surface area contributed by atoms with Gasteiger partial charge in [0.25, 0.3) is 0 Å². The molecule has 106 valence electrons. The average molecular weight is 265 g/mol. The van der Waals surface area contributed by atoms with E-state index in [-0.39, 0.29) is 18.0 Å². The highest BCUT2D eigenvalue weighted by molar-refractivity contribution is 5.36. The van der Waals surface area contributed by atoms with Gasteiger partial charge in [-0.3, -0.25) is 0 Å². The lowest BCUT2D eigenvalue weighted by molar-refractivity contribution is 0.0991. The summed E-state index contributed by atoms with van der Waals surface area (Å²) in [4.78, 5) is 0. The molecule has 1 aliphatic rings. The molecule has 0 aromatic heterocycles. The van der Waals surface area contributed by atoms with Crippen LogP contribution in [0, 0.1) is 17.7 Å². The average Bonchev–Trinajstić information content (AvgIpc) is 2.33. The van der Waals surface area contributed by atoms with Gasteiger partial charge in [0.15, 0.2) is 0 Å². The first-order valence-electron chi connectivity index (χ1n) is 7.19. The minimum absolute atomic E-state index is 0.143. The Balaban J connectivity index is 2.12. The first kappa shape index (κ1) is 14.3. The zero-order chi connectivity index (χ0) is 14.0. The van der Waals surface area contributed by atoms with Crippen molar-refractivity contribution in [2.75, 3.05) is 0 Å². The van der Waals surface area contributed by atoms with Crippen molar-refractivity contribution in [1.29, 1.82) is 0 Å². The predicted octanol–water partition coefficient (Wildman–Crippen LogP) is 4.05. The molecule has 1 aromatic carbocycles.